The van der Waals surface area contributed by atoms with E-state index in [1.165, 1.54) is 26.2 Å². The number of carbonyl (C=O) groups excluding carboxylic acids is 2. The van der Waals surface area contributed by atoms with Gasteiger partial charge >= 0.3 is 5.97 Å². The van der Waals surface area contributed by atoms with Crippen LogP contribution >= 0.6 is 0 Å². The van der Waals surface area contributed by atoms with Crippen LogP contribution in [-0.4, -0.2) is 44.8 Å². The van der Waals surface area contributed by atoms with Crippen molar-refractivity contribution in [3.05, 3.63) is 53.6 Å². The van der Waals surface area contributed by atoms with Gasteiger partial charge in [0.2, 0.25) is 5.75 Å². The molecule has 1 amide bonds. The highest BCUT2D eigenvalue weighted by Crippen LogP contribution is 2.40. The summed E-state index contributed by atoms with van der Waals surface area (Å²) in [5, 5.41) is 2.77. The minimum absolute atomic E-state index is 0.227. The lowest BCUT2D eigenvalue weighted by atomic mass is 10.1. The van der Waals surface area contributed by atoms with E-state index in [-0.39, 0.29) is 11.5 Å². The van der Waals surface area contributed by atoms with E-state index >= 15 is 0 Å². The zero-order valence-corrected chi connectivity index (χ0v) is 15.9. The van der Waals surface area contributed by atoms with Gasteiger partial charge in [0, 0.05) is 6.54 Å². The Labute approximate surface area is 163 Å². The molecule has 1 aliphatic heterocycles. The largest absolute Gasteiger partial charge is 0.493 e. The summed E-state index contributed by atoms with van der Waals surface area (Å²) < 4.78 is 21.6. The average molecular weight is 385 g/mol. The normalized spacial score (nSPS) is 13.4. The van der Waals surface area contributed by atoms with Gasteiger partial charge in [0.1, 0.15) is 13.2 Å². The highest BCUT2D eigenvalue weighted by atomic mass is 16.6. The number of nitrogens with one attached hydrogen (secondary N) is 1. The number of esters is 1. The second-order valence-corrected chi connectivity index (χ2v) is 6.28. The molecule has 0 fully saturated rings. The molecule has 1 atom stereocenters. The van der Waals surface area contributed by atoms with Gasteiger partial charge in [-0.25, -0.2) is 4.79 Å². The van der Waals surface area contributed by atoms with Crippen molar-refractivity contribution >= 4 is 11.9 Å². The van der Waals surface area contributed by atoms with Crippen LogP contribution < -0.4 is 19.5 Å². The number of carbonyl (C=O) groups is 2. The van der Waals surface area contributed by atoms with Crippen molar-refractivity contribution < 1.29 is 28.5 Å². The van der Waals surface area contributed by atoms with E-state index in [0.717, 1.165) is 5.56 Å². The molecule has 0 saturated carbocycles. The average Bonchev–Trinajstić information content (AvgIpc) is 2.73. The summed E-state index contributed by atoms with van der Waals surface area (Å²) in [7, 11) is 1.48. The van der Waals surface area contributed by atoms with Gasteiger partial charge < -0.3 is 24.3 Å². The van der Waals surface area contributed by atoms with Crippen molar-refractivity contribution in [3.8, 4) is 17.2 Å². The highest BCUT2D eigenvalue weighted by Gasteiger charge is 2.24. The molecular weight excluding hydrogens is 362 g/mol. The minimum Gasteiger partial charge on any atom is -0.493 e. The Bertz CT molecular complexity index is 819. The fraction of sp³-hybridized carbons (Fsp3) is 0.333. The van der Waals surface area contributed by atoms with Crippen LogP contribution in [0.2, 0.25) is 0 Å². The zero-order chi connectivity index (χ0) is 19.9. The van der Waals surface area contributed by atoms with E-state index in [4.69, 9.17) is 18.9 Å². The fourth-order valence-electron chi connectivity index (χ4n) is 2.79. The molecule has 2 aromatic rings. The molecule has 28 heavy (non-hydrogen) atoms. The third-order valence-electron chi connectivity index (χ3n) is 4.27. The lowest BCUT2D eigenvalue weighted by molar-refractivity contribution is -0.129. The molecule has 3 rings (SSSR count). The molecule has 1 heterocycles. The predicted octanol–water partition coefficient (Wildman–Crippen LogP) is 2.37. The van der Waals surface area contributed by atoms with Gasteiger partial charge in [0.05, 0.1) is 12.7 Å². The van der Waals surface area contributed by atoms with Crippen LogP contribution in [0.5, 0.6) is 17.2 Å². The van der Waals surface area contributed by atoms with E-state index in [9.17, 15) is 9.59 Å². The first kappa shape index (κ1) is 19.5. The van der Waals surface area contributed by atoms with Crippen molar-refractivity contribution in [3.63, 3.8) is 0 Å². The monoisotopic (exact) mass is 385 g/mol. The minimum atomic E-state index is -0.928. The lowest BCUT2D eigenvalue weighted by Crippen LogP contribution is -2.36. The van der Waals surface area contributed by atoms with E-state index < -0.39 is 12.1 Å². The molecule has 0 spiro atoms. The number of benzene rings is 2. The lowest BCUT2D eigenvalue weighted by Gasteiger charge is -2.21. The van der Waals surface area contributed by atoms with Crippen LogP contribution in [0.1, 0.15) is 22.8 Å². The molecule has 0 radical (unpaired) electrons. The quantitative estimate of drug-likeness (QED) is 0.737. The molecule has 2 aromatic carbocycles. The van der Waals surface area contributed by atoms with Crippen LogP contribution in [0.3, 0.4) is 0 Å². The number of ether oxygens (including phenoxy) is 4. The van der Waals surface area contributed by atoms with Crippen molar-refractivity contribution in [2.75, 3.05) is 26.9 Å². The summed E-state index contributed by atoms with van der Waals surface area (Å²) in [5.74, 6) is 0.258. The zero-order valence-electron chi connectivity index (χ0n) is 15.9. The first-order chi connectivity index (χ1) is 13.6. The van der Waals surface area contributed by atoms with Gasteiger partial charge in [-0.1, -0.05) is 30.3 Å². The Morgan fingerprint density at radius 2 is 1.89 bits per heavy atom. The molecule has 1 aliphatic rings. The van der Waals surface area contributed by atoms with Gasteiger partial charge in [-0.3, -0.25) is 4.79 Å². The van der Waals surface area contributed by atoms with E-state index in [1.807, 2.05) is 30.3 Å². The van der Waals surface area contributed by atoms with Gasteiger partial charge in [0.25, 0.3) is 5.91 Å². The maximum atomic E-state index is 12.5. The standard InChI is InChI=1S/C21H23NO6/c1-14(20(23)22-9-8-15-6-4-3-5-7-15)28-21(24)16-12-17(25-2)19-18(13-16)26-10-11-27-19/h3-7,12-14H,8-11H2,1-2H3,(H,22,23). The second kappa shape index (κ2) is 9.12. The molecule has 0 saturated heterocycles. The molecular formula is C21H23NO6. The number of hydrogen-bond acceptors (Lipinski definition) is 6. The van der Waals surface area contributed by atoms with Crippen LogP contribution in [0.4, 0.5) is 0 Å². The Morgan fingerprint density at radius 3 is 2.64 bits per heavy atom. The maximum absolute atomic E-state index is 12.5. The van der Waals surface area contributed by atoms with Crippen molar-refractivity contribution in [1.82, 2.24) is 5.32 Å². The third kappa shape index (κ3) is 4.73. The molecule has 7 heteroatoms. The number of amides is 1. The first-order valence-electron chi connectivity index (χ1n) is 9.08. The topological polar surface area (TPSA) is 83.1 Å². The predicted molar refractivity (Wildman–Crippen MR) is 102 cm³/mol. The number of hydrogen-bond donors (Lipinski definition) is 1. The Kier molecular flexibility index (Phi) is 6.37. The van der Waals surface area contributed by atoms with Crippen LogP contribution in [-0.2, 0) is 16.0 Å². The summed E-state index contributed by atoms with van der Waals surface area (Å²) in [6.07, 6.45) is -0.227. The number of fused-ring (bicyclic) bond motifs is 1. The van der Waals surface area contributed by atoms with Crippen molar-refractivity contribution in [1.29, 1.82) is 0 Å². The molecule has 1 unspecified atom stereocenters. The van der Waals surface area contributed by atoms with E-state index in [2.05, 4.69) is 5.32 Å². The molecule has 148 valence electrons. The maximum Gasteiger partial charge on any atom is 0.339 e. The fourth-order valence-corrected chi connectivity index (χ4v) is 2.79. The van der Waals surface area contributed by atoms with E-state index in [0.29, 0.717) is 43.4 Å². The van der Waals surface area contributed by atoms with Crippen LogP contribution in [0.15, 0.2) is 42.5 Å². The highest BCUT2D eigenvalue weighted by molar-refractivity contribution is 5.93. The summed E-state index contributed by atoms with van der Waals surface area (Å²) >= 11 is 0. The molecule has 7 nitrogen and oxygen atoms in total. The Hall–Kier alpha value is -3.22. The molecule has 1 N–H and O–H groups in total. The summed E-state index contributed by atoms with van der Waals surface area (Å²) in [5.41, 5.74) is 1.35. The van der Waals surface area contributed by atoms with Crippen LogP contribution in [0.25, 0.3) is 0 Å². The smallest absolute Gasteiger partial charge is 0.339 e. The molecule has 0 aromatic heterocycles. The van der Waals surface area contributed by atoms with E-state index in [1.54, 1.807) is 0 Å². The summed E-state index contributed by atoms with van der Waals surface area (Å²) in [6.45, 7) is 2.79. The summed E-state index contributed by atoms with van der Waals surface area (Å²) in [4.78, 5) is 24.7. The van der Waals surface area contributed by atoms with Gasteiger partial charge in [-0.2, -0.15) is 0 Å². The van der Waals surface area contributed by atoms with Gasteiger partial charge in [-0.05, 0) is 31.0 Å². The number of rotatable bonds is 7. The Balaban J connectivity index is 1.57. The Morgan fingerprint density at radius 1 is 1.14 bits per heavy atom. The summed E-state index contributed by atoms with van der Waals surface area (Å²) in [6, 6.07) is 12.9. The second-order valence-electron chi connectivity index (χ2n) is 6.28. The van der Waals surface area contributed by atoms with Crippen LogP contribution in [0, 0.1) is 0 Å². The van der Waals surface area contributed by atoms with Gasteiger partial charge in [0.15, 0.2) is 17.6 Å². The number of methoxy groups -OCH3 is 1. The molecule has 0 bridgehead atoms. The first-order valence-corrected chi connectivity index (χ1v) is 9.08. The third-order valence-corrected chi connectivity index (χ3v) is 4.27. The van der Waals surface area contributed by atoms with Gasteiger partial charge in [-0.15, -0.1) is 0 Å². The van der Waals surface area contributed by atoms with Crippen molar-refractivity contribution in [2.24, 2.45) is 0 Å². The molecule has 0 aliphatic carbocycles. The van der Waals surface area contributed by atoms with Crippen molar-refractivity contribution in [2.45, 2.75) is 19.4 Å². The SMILES string of the molecule is COc1cc(C(=O)OC(C)C(=O)NCCc2ccccc2)cc2c1OCCO2.